The van der Waals surface area contributed by atoms with Crippen molar-refractivity contribution in [3.8, 4) is 0 Å². The topological polar surface area (TPSA) is 132 Å². The number of ether oxygens (including phenoxy) is 1. The van der Waals surface area contributed by atoms with Gasteiger partial charge in [-0.1, -0.05) is 49.6 Å². The molecule has 0 unspecified atom stereocenters. The van der Waals surface area contributed by atoms with Gasteiger partial charge < -0.3 is 26.8 Å². The third-order valence-electron chi connectivity index (χ3n) is 5.25. The third kappa shape index (κ3) is 7.05. The number of amides is 1. The second kappa shape index (κ2) is 11.4. The molecule has 1 aromatic rings. The molecule has 1 aliphatic carbocycles. The van der Waals surface area contributed by atoms with Gasteiger partial charge in [0.25, 0.3) is 0 Å². The van der Waals surface area contributed by atoms with Gasteiger partial charge in [0.15, 0.2) is 5.96 Å². The summed E-state index contributed by atoms with van der Waals surface area (Å²) in [5, 5.41) is 5.85. The largest absolute Gasteiger partial charge is 0.459 e. The van der Waals surface area contributed by atoms with Crippen LogP contribution in [0.4, 0.5) is 0 Å². The Morgan fingerprint density at radius 1 is 1.21 bits per heavy atom. The van der Waals surface area contributed by atoms with Gasteiger partial charge in [0, 0.05) is 13.6 Å². The first-order chi connectivity index (χ1) is 14.0. The van der Waals surface area contributed by atoms with Crippen LogP contribution in [-0.2, 0) is 20.9 Å². The molecule has 0 spiro atoms. The number of hydrogen-bond donors (Lipinski definition) is 4. The molecule has 160 valence electrons. The Balaban J connectivity index is 1.90. The SMILES string of the molecule is CN=C(N)NCCC[C@@H](N)C(=O)NC1(C(=O)OCc2ccccc2)CCCCC1. The first-order valence-electron chi connectivity index (χ1n) is 10.2. The normalized spacial score (nSPS) is 17.2. The summed E-state index contributed by atoms with van der Waals surface area (Å²) in [7, 11) is 1.60. The molecule has 0 aromatic heterocycles. The highest BCUT2D eigenvalue weighted by Gasteiger charge is 2.43. The predicted octanol–water partition coefficient (Wildman–Crippen LogP) is 1.19. The Bertz CT molecular complexity index is 687. The number of hydrogen-bond acceptors (Lipinski definition) is 5. The standard InChI is InChI=1S/C21H33N5O3/c1-24-20(23)25-14-8-11-17(22)18(27)26-21(12-6-3-7-13-21)19(28)29-15-16-9-4-2-5-10-16/h2,4-5,9-10,17H,3,6-8,11-15,22H2,1H3,(H,26,27)(H3,23,24,25)/t17-/m1/s1. The average molecular weight is 404 g/mol. The Morgan fingerprint density at radius 2 is 1.90 bits per heavy atom. The monoisotopic (exact) mass is 403 g/mol. The molecule has 1 aliphatic rings. The molecule has 2 rings (SSSR count). The van der Waals surface area contributed by atoms with Gasteiger partial charge in [-0.25, -0.2) is 4.79 Å². The summed E-state index contributed by atoms with van der Waals surface area (Å²) in [6.07, 6.45) is 5.07. The number of guanidine groups is 1. The molecule has 0 aliphatic heterocycles. The fourth-order valence-corrected chi connectivity index (χ4v) is 3.47. The number of esters is 1. The van der Waals surface area contributed by atoms with E-state index in [1.807, 2.05) is 30.3 Å². The summed E-state index contributed by atoms with van der Waals surface area (Å²) >= 11 is 0. The van der Waals surface area contributed by atoms with Crippen molar-refractivity contribution in [2.75, 3.05) is 13.6 Å². The van der Waals surface area contributed by atoms with Gasteiger partial charge in [0.1, 0.15) is 12.1 Å². The van der Waals surface area contributed by atoms with Crippen LogP contribution in [0.15, 0.2) is 35.3 Å². The minimum Gasteiger partial charge on any atom is -0.459 e. The van der Waals surface area contributed by atoms with Crippen molar-refractivity contribution in [2.24, 2.45) is 16.5 Å². The molecule has 8 heteroatoms. The number of carbonyl (C=O) groups is 2. The van der Waals surface area contributed by atoms with E-state index < -0.39 is 11.6 Å². The van der Waals surface area contributed by atoms with Crippen molar-refractivity contribution in [1.82, 2.24) is 10.6 Å². The van der Waals surface area contributed by atoms with Crippen LogP contribution in [0.3, 0.4) is 0 Å². The predicted molar refractivity (Wildman–Crippen MR) is 113 cm³/mol. The summed E-state index contributed by atoms with van der Waals surface area (Å²) in [6.45, 7) is 0.768. The van der Waals surface area contributed by atoms with Crippen molar-refractivity contribution >= 4 is 17.8 Å². The van der Waals surface area contributed by atoms with Crippen LogP contribution in [0.5, 0.6) is 0 Å². The lowest BCUT2D eigenvalue weighted by Gasteiger charge is -2.36. The van der Waals surface area contributed by atoms with Gasteiger partial charge >= 0.3 is 5.97 Å². The van der Waals surface area contributed by atoms with Gasteiger partial charge in [0.2, 0.25) is 5.91 Å². The van der Waals surface area contributed by atoms with Gasteiger partial charge in [-0.05, 0) is 31.2 Å². The highest BCUT2D eigenvalue weighted by molar-refractivity contribution is 5.90. The summed E-state index contributed by atoms with van der Waals surface area (Å²) in [4.78, 5) is 29.4. The Morgan fingerprint density at radius 3 is 2.55 bits per heavy atom. The van der Waals surface area contributed by atoms with E-state index in [0.717, 1.165) is 24.8 Å². The van der Waals surface area contributed by atoms with E-state index >= 15 is 0 Å². The minimum absolute atomic E-state index is 0.190. The molecule has 0 saturated heterocycles. The second-order valence-corrected chi connectivity index (χ2v) is 7.48. The zero-order valence-electron chi connectivity index (χ0n) is 17.2. The zero-order valence-corrected chi connectivity index (χ0v) is 17.2. The fraction of sp³-hybridized carbons (Fsp3) is 0.571. The summed E-state index contributed by atoms with van der Waals surface area (Å²) in [5.74, 6) is -0.346. The van der Waals surface area contributed by atoms with Crippen LogP contribution in [-0.4, -0.2) is 43.0 Å². The van der Waals surface area contributed by atoms with Gasteiger partial charge in [-0.2, -0.15) is 0 Å². The number of nitrogens with one attached hydrogen (secondary N) is 2. The Hall–Kier alpha value is -2.61. The maximum Gasteiger partial charge on any atom is 0.332 e. The molecule has 1 atom stereocenters. The first-order valence-corrected chi connectivity index (χ1v) is 10.2. The smallest absolute Gasteiger partial charge is 0.332 e. The minimum atomic E-state index is -0.987. The average Bonchev–Trinajstić information content (AvgIpc) is 2.75. The number of nitrogens with two attached hydrogens (primary N) is 2. The second-order valence-electron chi connectivity index (χ2n) is 7.48. The van der Waals surface area contributed by atoms with Crippen molar-refractivity contribution in [1.29, 1.82) is 0 Å². The number of carbonyl (C=O) groups excluding carboxylic acids is 2. The molecule has 1 fully saturated rings. The van der Waals surface area contributed by atoms with Gasteiger partial charge in [-0.3, -0.25) is 9.79 Å². The number of benzene rings is 1. The van der Waals surface area contributed by atoms with Gasteiger partial charge in [0.05, 0.1) is 6.04 Å². The van der Waals surface area contributed by atoms with Crippen LogP contribution in [0.2, 0.25) is 0 Å². The number of nitrogens with zero attached hydrogens (tertiary/aromatic N) is 1. The molecule has 1 amide bonds. The molecule has 0 radical (unpaired) electrons. The van der Waals surface area contributed by atoms with Crippen LogP contribution in [0.1, 0.15) is 50.5 Å². The van der Waals surface area contributed by atoms with Gasteiger partial charge in [-0.15, -0.1) is 0 Å². The van der Waals surface area contributed by atoms with Crippen LogP contribution < -0.4 is 22.1 Å². The molecule has 29 heavy (non-hydrogen) atoms. The quantitative estimate of drug-likeness (QED) is 0.212. The Kier molecular flexibility index (Phi) is 8.92. The maximum atomic E-state index is 12.9. The first kappa shape index (κ1) is 22.7. The lowest BCUT2D eigenvalue weighted by Crippen LogP contribution is -2.59. The number of aliphatic imine (C=N–C) groups is 1. The van der Waals surface area contributed by atoms with Crippen LogP contribution >= 0.6 is 0 Å². The highest BCUT2D eigenvalue weighted by atomic mass is 16.5. The van der Waals surface area contributed by atoms with E-state index in [0.29, 0.717) is 38.2 Å². The molecule has 8 nitrogen and oxygen atoms in total. The number of rotatable bonds is 9. The van der Waals surface area contributed by atoms with E-state index in [4.69, 9.17) is 16.2 Å². The summed E-state index contributed by atoms with van der Waals surface area (Å²) < 4.78 is 5.56. The molecule has 1 saturated carbocycles. The van der Waals surface area contributed by atoms with Crippen LogP contribution in [0.25, 0.3) is 0 Å². The molecular formula is C21H33N5O3. The lowest BCUT2D eigenvalue weighted by molar-refractivity contribution is -0.157. The van der Waals surface area contributed by atoms with E-state index in [2.05, 4.69) is 15.6 Å². The third-order valence-corrected chi connectivity index (χ3v) is 5.25. The summed E-state index contributed by atoms with van der Waals surface area (Å²) in [5.41, 5.74) is 11.6. The Labute approximate surface area is 172 Å². The highest BCUT2D eigenvalue weighted by Crippen LogP contribution is 2.30. The van der Waals surface area contributed by atoms with Crippen molar-refractivity contribution in [3.05, 3.63) is 35.9 Å². The molecule has 0 heterocycles. The van der Waals surface area contributed by atoms with E-state index in [1.54, 1.807) is 7.05 Å². The van der Waals surface area contributed by atoms with Crippen molar-refractivity contribution < 1.29 is 14.3 Å². The van der Waals surface area contributed by atoms with Crippen molar-refractivity contribution in [3.63, 3.8) is 0 Å². The maximum absolute atomic E-state index is 12.9. The van der Waals surface area contributed by atoms with E-state index in [-0.39, 0.29) is 18.5 Å². The lowest BCUT2D eigenvalue weighted by atomic mass is 9.81. The van der Waals surface area contributed by atoms with Crippen molar-refractivity contribution in [2.45, 2.75) is 63.1 Å². The van der Waals surface area contributed by atoms with Crippen LogP contribution in [0, 0.1) is 0 Å². The fourth-order valence-electron chi connectivity index (χ4n) is 3.47. The van der Waals surface area contributed by atoms with E-state index in [9.17, 15) is 9.59 Å². The molecule has 6 N–H and O–H groups in total. The molecule has 1 aromatic carbocycles. The summed E-state index contributed by atoms with van der Waals surface area (Å²) in [6, 6.07) is 8.81. The molecule has 0 bridgehead atoms. The van der Waals surface area contributed by atoms with E-state index in [1.165, 1.54) is 0 Å². The zero-order chi connectivity index (χ0) is 21.1. The molecular weight excluding hydrogens is 370 g/mol.